The molecule has 1 aromatic heterocycles. The minimum absolute atomic E-state index is 0.127. The zero-order valence-corrected chi connectivity index (χ0v) is 17.7. The first kappa shape index (κ1) is 20.5. The Kier molecular flexibility index (Phi) is 7.44. The second-order valence-corrected chi connectivity index (χ2v) is 8.66. The normalized spacial score (nSPS) is 15.1. The Morgan fingerprint density at radius 3 is 2.56 bits per heavy atom. The van der Waals surface area contributed by atoms with E-state index < -0.39 is 0 Å². The highest BCUT2D eigenvalue weighted by molar-refractivity contribution is 7.99. The van der Waals surface area contributed by atoms with Crippen LogP contribution in [-0.4, -0.2) is 26.4 Å². The van der Waals surface area contributed by atoms with Crippen LogP contribution in [0.25, 0.3) is 0 Å². The van der Waals surface area contributed by atoms with E-state index in [-0.39, 0.29) is 11.7 Å². The molecule has 1 saturated carbocycles. The molecule has 1 aromatic carbocycles. The minimum atomic E-state index is -0.127. The standard InChI is InChI=1S/C19H24Cl2N4OS/c1-2-25-17(8-13-6-4-3-5-7-13)23-24-19(25)27-12-18(26)22-16-10-14(20)9-15(21)11-16/h9-11,13H,2-8,12H2,1H3,(H,22,26). The summed E-state index contributed by atoms with van der Waals surface area (Å²) in [6.07, 6.45) is 7.54. The number of benzene rings is 1. The lowest BCUT2D eigenvalue weighted by Gasteiger charge is -2.21. The molecule has 0 saturated heterocycles. The largest absolute Gasteiger partial charge is 0.325 e. The molecule has 0 atom stereocenters. The van der Waals surface area contributed by atoms with E-state index in [4.69, 9.17) is 23.2 Å². The topological polar surface area (TPSA) is 59.8 Å². The summed E-state index contributed by atoms with van der Waals surface area (Å²) in [5.41, 5.74) is 0.591. The van der Waals surface area contributed by atoms with Gasteiger partial charge in [0.25, 0.3) is 0 Å². The fourth-order valence-corrected chi connectivity index (χ4v) is 4.84. The van der Waals surface area contributed by atoms with E-state index in [1.54, 1.807) is 18.2 Å². The predicted octanol–water partition coefficient (Wildman–Crippen LogP) is 5.46. The van der Waals surface area contributed by atoms with Gasteiger partial charge in [-0.1, -0.05) is 67.1 Å². The third kappa shape index (κ3) is 5.87. The smallest absolute Gasteiger partial charge is 0.234 e. The van der Waals surface area contributed by atoms with E-state index in [2.05, 4.69) is 27.0 Å². The average molecular weight is 427 g/mol. The summed E-state index contributed by atoms with van der Waals surface area (Å²) in [6, 6.07) is 4.98. The molecule has 1 heterocycles. The van der Waals surface area contributed by atoms with Crippen molar-refractivity contribution in [2.24, 2.45) is 5.92 Å². The van der Waals surface area contributed by atoms with Gasteiger partial charge in [-0.2, -0.15) is 0 Å². The first-order chi connectivity index (χ1) is 13.0. The lowest BCUT2D eigenvalue weighted by atomic mass is 9.87. The van der Waals surface area contributed by atoms with Gasteiger partial charge in [-0.05, 0) is 31.0 Å². The van der Waals surface area contributed by atoms with E-state index in [1.807, 2.05) is 0 Å². The number of thioether (sulfide) groups is 1. The Bertz CT molecular complexity index is 770. The van der Waals surface area contributed by atoms with Crippen LogP contribution < -0.4 is 5.32 Å². The first-order valence-corrected chi connectivity index (χ1v) is 11.1. The second kappa shape index (κ2) is 9.80. The molecule has 146 valence electrons. The molecule has 0 spiro atoms. The van der Waals surface area contributed by atoms with Gasteiger partial charge in [-0.3, -0.25) is 4.79 Å². The first-order valence-electron chi connectivity index (χ1n) is 9.36. The van der Waals surface area contributed by atoms with Crippen molar-refractivity contribution in [2.75, 3.05) is 11.1 Å². The number of halogens is 2. The quantitative estimate of drug-likeness (QED) is 0.597. The van der Waals surface area contributed by atoms with Crippen LogP contribution in [0, 0.1) is 5.92 Å². The van der Waals surface area contributed by atoms with Gasteiger partial charge in [0, 0.05) is 28.7 Å². The van der Waals surface area contributed by atoms with Crippen molar-refractivity contribution >= 4 is 46.6 Å². The molecular formula is C19H24Cl2N4OS. The maximum atomic E-state index is 12.3. The van der Waals surface area contributed by atoms with E-state index >= 15 is 0 Å². The molecule has 1 amide bonds. The summed E-state index contributed by atoms with van der Waals surface area (Å²) in [5.74, 6) is 1.87. The van der Waals surface area contributed by atoms with Gasteiger partial charge >= 0.3 is 0 Å². The van der Waals surface area contributed by atoms with Gasteiger partial charge < -0.3 is 9.88 Å². The van der Waals surface area contributed by atoms with Crippen molar-refractivity contribution in [3.63, 3.8) is 0 Å². The Morgan fingerprint density at radius 1 is 1.19 bits per heavy atom. The zero-order valence-electron chi connectivity index (χ0n) is 15.4. The highest BCUT2D eigenvalue weighted by Crippen LogP contribution is 2.28. The Morgan fingerprint density at radius 2 is 1.89 bits per heavy atom. The molecule has 5 nitrogen and oxygen atoms in total. The van der Waals surface area contributed by atoms with E-state index in [0.717, 1.165) is 23.9 Å². The van der Waals surface area contributed by atoms with Gasteiger partial charge in [0.2, 0.25) is 5.91 Å². The second-order valence-electron chi connectivity index (χ2n) is 6.85. The van der Waals surface area contributed by atoms with E-state index in [1.165, 1.54) is 43.9 Å². The number of hydrogen-bond acceptors (Lipinski definition) is 4. The SMILES string of the molecule is CCn1c(CC2CCCCC2)nnc1SCC(=O)Nc1cc(Cl)cc(Cl)c1. The van der Waals surface area contributed by atoms with Gasteiger partial charge in [0.05, 0.1) is 5.75 Å². The maximum absolute atomic E-state index is 12.3. The fourth-order valence-electron chi connectivity index (χ4n) is 3.50. The predicted molar refractivity (Wildman–Crippen MR) is 112 cm³/mol. The molecule has 3 rings (SSSR count). The summed E-state index contributed by atoms with van der Waals surface area (Å²) < 4.78 is 2.13. The Hall–Kier alpha value is -1.24. The van der Waals surface area contributed by atoms with Crippen molar-refractivity contribution in [3.8, 4) is 0 Å². The monoisotopic (exact) mass is 426 g/mol. The molecule has 0 radical (unpaired) electrons. The minimum Gasteiger partial charge on any atom is -0.325 e. The van der Waals surface area contributed by atoms with Crippen LogP contribution in [0.3, 0.4) is 0 Å². The Labute approximate surface area is 174 Å². The molecule has 0 unspecified atom stereocenters. The van der Waals surface area contributed by atoms with Crippen molar-refractivity contribution in [2.45, 2.75) is 57.1 Å². The number of rotatable bonds is 7. The number of carbonyl (C=O) groups excluding carboxylic acids is 1. The van der Waals surface area contributed by atoms with Crippen molar-refractivity contribution in [1.82, 2.24) is 14.8 Å². The number of hydrogen-bond donors (Lipinski definition) is 1. The number of amides is 1. The summed E-state index contributed by atoms with van der Waals surface area (Å²) in [5, 5.41) is 13.3. The number of nitrogens with zero attached hydrogens (tertiary/aromatic N) is 3. The van der Waals surface area contributed by atoms with Crippen molar-refractivity contribution in [3.05, 3.63) is 34.1 Å². The molecular weight excluding hydrogens is 403 g/mol. The summed E-state index contributed by atoms with van der Waals surface area (Å²) in [6.45, 7) is 2.90. The molecule has 1 aliphatic carbocycles. The molecule has 8 heteroatoms. The van der Waals surface area contributed by atoms with E-state index in [0.29, 0.717) is 21.7 Å². The average Bonchev–Trinajstić information content (AvgIpc) is 3.01. The summed E-state index contributed by atoms with van der Waals surface area (Å²) >= 11 is 13.3. The summed E-state index contributed by atoms with van der Waals surface area (Å²) in [4.78, 5) is 12.3. The third-order valence-electron chi connectivity index (χ3n) is 4.78. The van der Waals surface area contributed by atoms with Crippen LogP contribution >= 0.6 is 35.0 Å². The van der Waals surface area contributed by atoms with Gasteiger partial charge in [-0.15, -0.1) is 10.2 Å². The van der Waals surface area contributed by atoms with Crippen LogP contribution in [0.4, 0.5) is 5.69 Å². The zero-order chi connectivity index (χ0) is 19.2. The maximum Gasteiger partial charge on any atom is 0.234 e. The van der Waals surface area contributed by atoms with Crippen molar-refractivity contribution < 1.29 is 4.79 Å². The van der Waals surface area contributed by atoms with Gasteiger partial charge in [-0.25, -0.2) is 0 Å². The number of anilines is 1. The fraction of sp³-hybridized carbons (Fsp3) is 0.526. The highest BCUT2D eigenvalue weighted by atomic mass is 35.5. The van der Waals surface area contributed by atoms with Crippen LogP contribution in [-0.2, 0) is 17.8 Å². The van der Waals surface area contributed by atoms with Crippen molar-refractivity contribution in [1.29, 1.82) is 0 Å². The number of carbonyl (C=O) groups is 1. The molecule has 1 aliphatic rings. The summed E-state index contributed by atoms with van der Waals surface area (Å²) in [7, 11) is 0. The lowest BCUT2D eigenvalue weighted by molar-refractivity contribution is -0.113. The van der Waals surface area contributed by atoms with Gasteiger partial charge in [0.15, 0.2) is 5.16 Å². The third-order valence-corrected chi connectivity index (χ3v) is 6.19. The number of aromatic nitrogens is 3. The van der Waals surface area contributed by atoms with Crippen LogP contribution in [0.1, 0.15) is 44.9 Å². The van der Waals surface area contributed by atoms with Crippen LogP contribution in [0.2, 0.25) is 10.0 Å². The molecule has 1 fully saturated rings. The van der Waals surface area contributed by atoms with Crippen LogP contribution in [0.5, 0.6) is 0 Å². The molecule has 27 heavy (non-hydrogen) atoms. The molecule has 0 bridgehead atoms. The highest BCUT2D eigenvalue weighted by Gasteiger charge is 2.19. The molecule has 0 aliphatic heterocycles. The lowest BCUT2D eigenvalue weighted by Crippen LogP contribution is -2.15. The molecule has 2 aromatic rings. The van der Waals surface area contributed by atoms with Crippen LogP contribution in [0.15, 0.2) is 23.4 Å². The van der Waals surface area contributed by atoms with E-state index in [9.17, 15) is 4.79 Å². The number of nitrogens with one attached hydrogen (secondary N) is 1. The Balaban J connectivity index is 1.57. The van der Waals surface area contributed by atoms with Gasteiger partial charge in [0.1, 0.15) is 5.82 Å². The molecule has 1 N–H and O–H groups in total.